The molecule has 0 aromatic rings. The first-order valence-electron chi connectivity index (χ1n) is 26.2. The van der Waals surface area contributed by atoms with E-state index in [0.717, 1.165) is 7.96 Å². The van der Waals surface area contributed by atoms with E-state index in [-0.39, 0.29) is 0 Å². The van der Waals surface area contributed by atoms with E-state index < -0.39 is 391 Å². The van der Waals surface area contributed by atoms with E-state index >= 15 is 0 Å². The van der Waals surface area contributed by atoms with Gasteiger partial charge in [-0.25, -0.2) is 0 Å². The predicted molar refractivity (Wildman–Crippen MR) is 956 cm³/mol. The summed E-state index contributed by atoms with van der Waals surface area (Å²) in [6.07, 6.45) is 0. The zero-order chi connectivity index (χ0) is 91.0. The second-order valence-electron chi connectivity index (χ2n) is 18.3. The molecule has 0 saturated carbocycles. The number of hydrogen-bond acceptors (Lipinski definition) is 0. The van der Waals surface area contributed by atoms with Crippen molar-refractivity contribution in [1.82, 2.24) is 0 Å². The Morgan fingerprint density at radius 2 is 0.174 bits per heavy atom. The molecule has 115 heteroatoms. The van der Waals surface area contributed by atoms with Gasteiger partial charge in [-0.05, 0) is 391 Å². The number of rotatable bonds is 56. The average molecular weight is 3680 g/mol. The predicted octanol–water partition coefficient (Wildman–Crippen LogP) is 68.3. The summed E-state index contributed by atoms with van der Waals surface area (Å²) in [5.74, 6) is 0. The molecular weight excluding hydrogens is 3560 g/mol. The highest BCUT2D eigenvalue weighted by Crippen LogP contribution is 3.56. The quantitative estimate of drug-likeness (QED) is 0.0533. The molecule has 0 aliphatic carbocycles. The molecule has 63 unspecified atom stereocenters. The van der Waals surface area contributed by atoms with E-state index in [1.807, 2.05) is 0 Å². The molecule has 0 rings (SSSR count). The average Bonchev–Trinajstić information content (AvgIpc) is 0.703. The molecule has 0 bridgehead atoms. The van der Waals surface area contributed by atoms with Gasteiger partial charge in [-0.15, -0.1) is 500 Å². The second kappa shape index (κ2) is 90.4. The van der Waals surface area contributed by atoms with Crippen LogP contribution in [0.15, 0.2) is 0 Å². The van der Waals surface area contributed by atoms with Crippen LogP contribution in [0.25, 0.3) is 0 Å². The van der Waals surface area contributed by atoms with Gasteiger partial charge in [0.25, 0.3) is 0 Å². The maximum absolute atomic E-state index is 5.07. The van der Waals surface area contributed by atoms with Gasteiger partial charge in [-0.1, -0.05) is 25.8 Å². The molecule has 63 atom stereocenters. The van der Waals surface area contributed by atoms with Crippen molar-refractivity contribution in [2.45, 2.75) is 0 Å². The summed E-state index contributed by atoms with van der Waals surface area (Å²) < 4.78 is 0. The highest BCUT2D eigenvalue weighted by molar-refractivity contribution is 9.62. The van der Waals surface area contributed by atoms with Crippen molar-refractivity contribution < 1.29 is 0 Å². The van der Waals surface area contributed by atoms with Gasteiger partial charge in [0.2, 0.25) is 0 Å². The first-order chi connectivity index (χ1) is 52.4. The van der Waals surface area contributed by atoms with E-state index in [1.165, 1.54) is 0 Å². The molecule has 0 aliphatic rings. The molecule has 0 aliphatic heterocycles. The summed E-state index contributed by atoms with van der Waals surface area (Å²) in [5.41, 5.74) is 0. The molecule has 690 valence electrons. The summed E-state index contributed by atoms with van der Waals surface area (Å²) in [4.78, 5) is 0. The first kappa shape index (κ1) is 164. The minimum atomic E-state index is -0.787. The lowest BCUT2D eigenvalue weighted by Crippen LogP contribution is -1.78. The van der Waals surface area contributed by atoms with Crippen molar-refractivity contribution in [3.8, 4) is 0 Å². The third-order valence-electron chi connectivity index (χ3n) is 10.2. The van der Waals surface area contributed by atoms with Crippen LogP contribution in [-0.2, 0) is 0 Å². The largest absolute Gasteiger partial charge is 0.102 e. The topological polar surface area (TPSA) is 0 Å². The van der Waals surface area contributed by atoms with Gasteiger partial charge in [-0.2, -0.15) is 0 Å². The van der Waals surface area contributed by atoms with E-state index in [2.05, 4.69) is 500 Å². The molecule has 0 aromatic carbocycles. The Morgan fingerprint density at radius 1 is 0.104 bits per heavy atom. The molecule has 0 aromatic heterocycles. The van der Waals surface area contributed by atoms with Crippen LogP contribution >= 0.6 is 917 Å². The van der Waals surface area contributed by atoms with Crippen molar-refractivity contribution in [2.24, 2.45) is 0 Å². The molecule has 2 radical (unpaired) electrons. The Hall–Kier alpha value is 49.4. The molecule has 0 fully saturated rings. The molecule has 0 amide bonds. The summed E-state index contributed by atoms with van der Waals surface area (Å²) in [7, 11) is 228. The van der Waals surface area contributed by atoms with Crippen LogP contribution in [0.3, 0.4) is 0 Å². The smallest absolute Gasteiger partial charge is 0.000000188 e. The Morgan fingerprint density at radius 3 is 0.235 bits per heavy atom. The van der Waals surface area contributed by atoms with Crippen LogP contribution in [0, 0.1) is 0 Å². The van der Waals surface area contributed by atoms with E-state index in [1.54, 1.807) is 0 Å². The minimum Gasteiger partial charge on any atom is -0.102 e. The van der Waals surface area contributed by atoms with E-state index in [4.69, 9.17) is 17.9 Å². The van der Waals surface area contributed by atoms with Crippen LogP contribution in [0.5, 0.6) is 0 Å². The highest BCUT2D eigenvalue weighted by Gasteiger charge is 2.69. The van der Waals surface area contributed by atoms with Crippen LogP contribution in [-0.4, -0.2) is 0 Å². The fourth-order valence-corrected chi connectivity index (χ4v) is 1730. The molecule has 115 heavy (non-hydrogen) atoms. The Balaban J connectivity index is 16.1. The van der Waals surface area contributed by atoms with Crippen LogP contribution < -0.4 is 0 Å². The van der Waals surface area contributed by atoms with Gasteiger partial charge in [0, 0.05) is 0 Å². The Labute approximate surface area is 901 Å². The van der Waals surface area contributed by atoms with Crippen LogP contribution in [0.4, 0.5) is 0 Å². The maximum Gasteiger partial charge on any atom is -0.000000188 e. The fraction of sp³-hybridized carbons (Fsp3) is 0. The van der Waals surface area contributed by atoms with Crippen molar-refractivity contribution >= 4 is 917 Å². The van der Waals surface area contributed by atoms with Crippen molar-refractivity contribution in [3.63, 3.8) is 0 Å². The van der Waals surface area contributed by atoms with Crippen molar-refractivity contribution in [1.29, 1.82) is 0 Å². The molecule has 0 N–H and O–H groups in total. The van der Waals surface area contributed by atoms with Crippen LogP contribution in [0.2, 0.25) is 0 Å². The fourth-order valence-electron chi connectivity index (χ4n) is 7.11. The minimum absolute atomic E-state index is 0.488. The molecular formula is H115P115. The van der Waals surface area contributed by atoms with Gasteiger partial charge in [0.05, 0.1) is 0 Å². The summed E-state index contributed by atoms with van der Waals surface area (Å²) in [6, 6.07) is 0. The standard InChI is InChI=1S/H115P115/c1-59-88(58)103(89(60(2)3)61(4)5)110(102(86(54)55)87(56)57)114(111(104(90(62(6)7)63(8)9)91(64(10)11)65(12)13)105(92(66(14)15)67(16)17)93(68(18)19)69(20)21)115(112(106(94(70(22)23)71(24)25)95(72(26)27)73(28)29)107(96(74(30)31)75(32)33)97(76(34)35)77(36)37)113(108(98(78(38)39)79(40)41)99(80(42)43)81(44)45)109(100(82(46)47)83(48)49)101(84(50)51)85(52)53/h1-2,59H,3-58H2. The van der Waals surface area contributed by atoms with E-state index in [0.29, 0.717) is 0 Å². The first-order valence-corrected chi connectivity index (χ1v) is 235. The monoisotopic (exact) mass is 3680 g/mol. The summed E-state index contributed by atoms with van der Waals surface area (Å²) >= 11 is 0. The van der Waals surface area contributed by atoms with Gasteiger partial charge in [0.1, 0.15) is 0 Å². The zero-order valence-corrected chi connectivity index (χ0v) is 177. The van der Waals surface area contributed by atoms with Gasteiger partial charge < -0.3 is 0 Å². The second-order valence-corrected chi connectivity index (χ2v) is 494. The molecule has 0 nitrogen and oxygen atoms in total. The molecule has 0 heterocycles. The lowest BCUT2D eigenvalue weighted by Gasteiger charge is -2.65. The SMILES string of the molecule is [PH]PP(P)P(P(P([PH])P)P(P)P)P(P(P(P)P)P(P)P)P(P(P(P(P(P)P)P(P)P)P(P(P)P)P(P)P)P(P(P(P)P)P(P)P)P(P(P)P)P(P)P)P(P(P(P(P(P)P)P(P)P)P(P(P)P)P(P)P)P(P(P(P)P)P(P)P)P(P(P)P)P(P)P)P(P(P(P(P)P)P(P)P)P(P(P)P)P(P)P)P(P(P(P)P)P(P)P)P(P(P)P)P(P)P. The Bertz CT molecular complexity index is 1990. The lowest BCUT2D eigenvalue weighted by molar-refractivity contribution is 4.28. The lowest BCUT2D eigenvalue weighted by atomic mass is 28.3. The summed E-state index contributed by atoms with van der Waals surface area (Å²) in [5, 5.41) is 0. The van der Waals surface area contributed by atoms with Gasteiger partial charge in [-0.3, -0.25) is 0 Å². The highest BCUT2D eigenvalue weighted by atomic mass is 33.7. The van der Waals surface area contributed by atoms with Gasteiger partial charge >= 0.3 is 0 Å². The third-order valence-corrected chi connectivity index (χ3v) is 829. The number of hydrogen-bond donors (Lipinski definition) is 0. The van der Waals surface area contributed by atoms with Crippen molar-refractivity contribution in [2.75, 3.05) is 0 Å². The zero-order valence-electron chi connectivity index (χ0n) is 58.9. The molecule has 0 saturated heterocycles. The third kappa shape index (κ3) is 57.8. The molecule has 0 spiro atoms. The van der Waals surface area contributed by atoms with E-state index in [9.17, 15) is 0 Å². The maximum atomic E-state index is 5.07. The van der Waals surface area contributed by atoms with Gasteiger partial charge in [0.15, 0.2) is 0 Å². The normalized spacial score (nSPS) is 15.8. The van der Waals surface area contributed by atoms with Crippen molar-refractivity contribution in [3.05, 3.63) is 0 Å². The summed E-state index contributed by atoms with van der Waals surface area (Å²) in [6.45, 7) is -30.1. The Kier molecular flexibility index (Phi) is 129. The van der Waals surface area contributed by atoms with Crippen LogP contribution in [0.1, 0.15) is 0 Å².